The quantitative estimate of drug-likeness (QED) is 0.593. The SMILES string of the molecule is O=C(CCl)Nc1cccc(C(=O)NCCc2c[nH]c3ccccc23)c1. The topological polar surface area (TPSA) is 74.0 Å². The van der Waals surface area contributed by atoms with Crippen LogP contribution in [0.1, 0.15) is 15.9 Å². The van der Waals surface area contributed by atoms with Crippen molar-refractivity contribution in [2.75, 3.05) is 17.7 Å². The van der Waals surface area contributed by atoms with Crippen LogP contribution in [0.5, 0.6) is 0 Å². The molecule has 0 fully saturated rings. The van der Waals surface area contributed by atoms with E-state index in [0.29, 0.717) is 17.8 Å². The Balaban J connectivity index is 1.59. The Kier molecular flexibility index (Phi) is 5.36. The van der Waals surface area contributed by atoms with Gasteiger partial charge in [0, 0.05) is 34.9 Å². The van der Waals surface area contributed by atoms with Gasteiger partial charge in [-0.05, 0) is 36.2 Å². The van der Waals surface area contributed by atoms with Crippen molar-refractivity contribution in [2.45, 2.75) is 6.42 Å². The number of rotatable bonds is 6. The molecule has 0 aliphatic carbocycles. The molecule has 0 aliphatic rings. The molecular formula is C19H18ClN3O2. The largest absolute Gasteiger partial charge is 0.361 e. The lowest BCUT2D eigenvalue weighted by Crippen LogP contribution is -2.25. The van der Waals surface area contributed by atoms with Gasteiger partial charge >= 0.3 is 0 Å². The molecule has 1 heterocycles. The van der Waals surface area contributed by atoms with Gasteiger partial charge in [-0.2, -0.15) is 0 Å². The number of carbonyl (C=O) groups is 2. The Labute approximate surface area is 150 Å². The van der Waals surface area contributed by atoms with Gasteiger partial charge in [0.15, 0.2) is 0 Å². The van der Waals surface area contributed by atoms with Gasteiger partial charge in [-0.15, -0.1) is 11.6 Å². The maximum Gasteiger partial charge on any atom is 0.251 e. The average Bonchev–Trinajstić information content (AvgIpc) is 3.05. The summed E-state index contributed by atoms with van der Waals surface area (Å²) in [6.45, 7) is 0.527. The predicted molar refractivity (Wildman–Crippen MR) is 100 cm³/mol. The van der Waals surface area contributed by atoms with Crippen LogP contribution in [0.4, 0.5) is 5.69 Å². The average molecular weight is 356 g/mol. The Morgan fingerprint density at radius 2 is 1.92 bits per heavy atom. The number of alkyl halides is 1. The zero-order valence-electron chi connectivity index (χ0n) is 13.5. The molecule has 0 atom stereocenters. The summed E-state index contributed by atoms with van der Waals surface area (Å²) in [5.41, 5.74) is 3.30. The molecule has 2 aromatic carbocycles. The van der Waals surface area contributed by atoms with Gasteiger partial charge in [0.1, 0.15) is 5.88 Å². The first kappa shape index (κ1) is 17.0. The number of para-hydroxylation sites is 1. The minimum absolute atomic E-state index is 0.124. The highest BCUT2D eigenvalue weighted by Gasteiger charge is 2.08. The fraction of sp³-hybridized carbons (Fsp3) is 0.158. The lowest BCUT2D eigenvalue weighted by molar-refractivity contribution is -0.113. The molecule has 6 heteroatoms. The second kappa shape index (κ2) is 7.85. The van der Waals surface area contributed by atoms with Gasteiger partial charge < -0.3 is 15.6 Å². The first-order valence-corrected chi connectivity index (χ1v) is 8.50. The van der Waals surface area contributed by atoms with E-state index in [-0.39, 0.29) is 17.7 Å². The van der Waals surface area contributed by atoms with Crippen LogP contribution in [-0.4, -0.2) is 29.2 Å². The summed E-state index contributed by atoms with van der Waals surface area (Å²) in [4.78, 5) is 26.8. The zero-order chi connectivity index (χ0) is 17.6. The number of nitrogens with one attached hydrogen (secondary N) is 3. The fourth-order valence-corrected chi connectivity index (χ4v) is 2.75. The second-order valence-electron chi connectivity index (χ2n) is 5.63. The number of aromatic nitrogens is 1. The van der Waals surface area contributed by atoms with Crippen LogP contribution in [0.25, 0.3) is 10.9 Å². The summed E-state index contributed by atoms with van der Waals surface area (Å²) in [6, 6.07) is 14.8. The summed E-state index contributed by atoms with van der Waals surface area (Å²) in [5, 5.41) is 6.70. The molecule has 0 radical (unpaired) electrons. The van der Waals surface area contributed by atoms with E-state index in [2.05, 4.69) is 21.7 Å². The third kappa shape index (κ3) is 4.19. The van der Waals surface area contributed by atoms with Crippen LogP contribution in [0.15, 0.2) is 54.7 Å². The molecule has 128 valence electrons. The third-order valence-corrected chi connectivity index (χ3v) is 4.13. The molecule has 0 saturated heterocycles. The molecule has 1 aromatic heterocycles. The Morgan fingerprint density at radius 1 is 1.08 bits per heavy atom. The Morgan fingerprint density at radius 3 is 2.76 bits per heavy atom. The van der Waals surface area contributed by atoms with Gasteiger partial charge in [0.2, 0.25) is 5.91 Å². The standard InChI is InChI=1S/C19H18ClN3O2/c20-11-18(24)23-15-5-3-4-13(10-15)19(25)21-9-8-14-12-22-17-7-2-1-6-16(14)17/h1-7,10,12,22H,8-9,11H2,(H,21,25)(H,23,24). The van der Waals surface area contributed by atoms with Gasteiger partial charge in [-0.1, -0.05) is 24.3 Å². The van der Waals surface area contributed by atoms with Crippen LogP contribution in [0, 0.1) is 0 Å². The highest BCUT2D eigenvalue weighted by molar-refractivity contribution is 6.29. The molecule has 0 bridgehead atoms. The molecule has 5 nitrogen and oxygen atoms in total. The number of carbonyl (C=O) groups excluding carboxylic acids is 2. The van der Waals surface area contributed by atoms with Gasteiger partial charge in [-0.25, -0.2) is 0 Å². The lowest BCUT2D eigenvalue weighted by Gasteiger charge is -2.07. The van der Waals surface area contributed by atoms with Crippen LogP contribution < -0.4 is 10.6 Å². The van der Waals surface area contributed by atoms with E-state index in [1.165, 1.54) is 10.9 Å². The van der Waals surface area contributed by atoms with Crippen molar-refractivity contribution in [1.82, 2.24) is 10.3 Å². The molecule has 25 heavy (non-hydrogen) atoms. The molecule has 3 rings (SSSR count). The second-order valence-corrected chi connectivity index (χ2v) is 5.90. The molecule has 2 amide bonds. The first-order valence-electron chi connectivity index (χ1n) is 7.96. The van der Waals surface area contributed by atoms with E-state index in [1.54, 1.807) is 24.3 Å². The van der Waals surface area contributed by atoms with E-state index < -0.39 is 0 Å². The van der Waals surface area contributed by atoms with Gasteiger partial charge in [0.25, 0.3) is 5.91 Å². The van der Waals surface area contributed by atoms with Crippen LogP contribution in [-0.2, 0) is 11.2 Å². The van der Waals surface area contributed by atoms with E-state index in [1.807, 2.05) is 24.4 Å². The molecule has 3 N–H and O–H groups in total. The third-order valence-electron chi connectivity index (χ3n) is 3.88. The molecule has 3 aromatic rings. The minimum atomic E-state index is -0.307. The molecule has 0 spiro atoms. The van der Waals surface area contributed by atoms with E-state index in [9.17, 15) is 9.59 Å². The van der Waals surface area contributed by atoms with Crippen molar-refractivity contribution in [3.05, 3.63) is 65.9 Å². The maximum absolute atomic E-state index is 12.3. The number of fused-ring (bicyclic) bond motifs is 1. The first-order chi connectivity index (χ1) is 12.2. The van der Waals surface area contributed by atoms with Gasteiger partial charge in [0.05, 0.1) is 0 Å². The maximum atomic E-state index is 12.3. The number of anilines is 1. The van der Waals surface area contributed by atoms with Crippen LogP contribution in [0.2, 0.25) is 0 Å². The summed E-state index contributed by atoms with van der Waals surface area (Å²) in [5.74, 6) is -0.610. The van der Waals surface area contributed by atoms with E-state index in [4.69, 9.17) is 11.6 Å². The predicted octanol–water partition coefficient (Wildman–Crippen LogP) is 3.32. The summed E-state index contributed by atoms with van der Waals surface area (Å²) in [6.07, 6.45) is 2.71. The lowest BCUT2D eigenvalue weighted by atomic mass is 10.1. The monoisotopic (exact) mass is 355 g/mol. The highest BCUT2D eigenvalue weighted by atomic mass is 35.5. The van der Waals surface area contributed by atoms with Crippen molar-refractivity contribution in [3.8, 4) is 0 Å². The number of aromatic amines is 1. The number of amides is 2. The molecular weight excluding hydrogens is 338 g/mol. The van der Waals surface area contributed by atoms with Crippen molar-refractivity contribution >= 4 is 40.0 Å². The highest BCUT2D eigenvalue weighted by Crippen LogP contribution is 2.17. The smallest absolute Gasteiger partial charge is 0.251 e. The molecule has 0 aliphatic heterocycles. The zero-order valence-corrected chi connectivity index (χ0v) is 14.3. The summed E-state index contributed by atoms with van der Waals surface area (Å²) >= 11 is 5.47. The van der Waals surface area contributed by atoms with Crippen molar-refractivity contribution < 1.29 is 9.59 Å². The number of benzene rings is 2. The van der Waals surface area contributed by atoms with Crippen LogP contribution in [0.3, 0.4) is 0 Å². The molecule has 0 saturated carbocycles. The van der Waals surface area contributed by atoms with Crippen molar-refractivity contribution in [2.24, 2.45) is 0 Å². The van der Waals surface area contributed by atoms with Crippen LogP contribution >= 0.6 is 11.6 Å². The summed E-state index contributed by atoms with van der Waals surface area (Å²) < 4.78 is 0. The number of hydrogen-bond acceptors (Lipinski definition) is 2. The Bertz CT molecular complexity index is 904. The fourth-order valence-electron chi connectivity index (χ4n) is 2.68. The minimum Gasteiger partial charge on any atom is -0.361 e. The number of hydrogen-bond donors (Lipinski definition) is 3. The van der Waals surface area contributed by atoms with E-state index in [0.717, 1.165) is 11.9 Å². The number of halogens is 1. The summed E-state index contributed by atoms with van der Waals surface area (Å²) in [7, 11) is 0. The normalized spacial score (nSPS) is 10.6. The Hall–Kier alpha value is -2.79. The number of H-pyrrole nitrogens is 1. The molecule has 0 unspecified atom stereocenters. The van der Waals surface area contributed by atoms with Crippen molar-refractivity contribution in [1.29, 1.82) is 0 Å². The van der Waals surface area contributed by atoms with Gasteiger partial charge in [-0.3, -0.25) is 9.59 Å². The van der Waals surface area contributed by atoms with Crippen molar-refractivity contribution in [3.63, 3.8) is 0 Å². The van der Waals surface area contributed by atoms with E-state index >= 15 is 0 Å².